The molecule has 5 rings (SSSR count). The van der Waals surface area contributed by atoms with E-state index in [0.29, 0.717) is 5.92 Å². The highest BCUT2D eigenvalue weighted by molar-refractivity contribution is 6.27. The number of piperidine rings is 1. The van der Waals surface area contributed by atoms with E-state index in [4.69, 9.17) is 19.8 Å². The lowest BCUT2D eigenvalue weighted by Crippen LogP contribution is -2.34. The molecule has 4 aromatic rings. The number of aromatic nitrogens is 3. The molecule has 1 fully saturated rings. The predicted molar refractivity (Wildman–Crippen MR) is 129 cm³/mol. The van der Waals surface area contributed by atoms with Crippen molar-refractivity contribution in [3.63, 3.8) is 0 Å². The lowest BCUT2D eigenvalue weighted by atomic mass is 9.89. The van der Waals surface area contributed by atoms with Crippen molar-refractivity contribution >= 4 is 22.8 Å². The zero-order valence-electron chi connectivity index (χ0n) is 19.1. The van der Waals surface area contributed by atoms with Crippen molar-refractivity contribution in [2.75, 3.05) is 19.6 Å². The average molecular weight is 479 g/mol. The van der Waals surface area contributed by atoms with Gasteiger partial charge in [-0.15, -0.1) is 0 Å². The molecular weight excluding hydrogens is 451 g/mol. The van der Waals surface area contributed by atoms with E-state index < -0.39 is 11.9 Å². The van der Waals surface area contributed by atoms with Gasteiger partial charge in [-0.25, -0.2) is 18.7 Å². The molecule has 0 amide bonds. The number of nitrogens with zero attached hydrogens (tertiary/aromatic N) is 3. The van der Waals surface area contributed by atoms with Gasteiger partial charge in [-0.05, 0) is 79.7 Å². The van der Waals surface area contributed by atoms with Crippen LogP contribution < -0.4 is 0 Å². The molecule has 0 spiro atoms. The molecule has 182 valence electrons. The Hall–Kier alpha value is -3.98. The number of aromatic amines is 1. The van der Waals surface area contributed by atoms with Crippen LogP contribution in [0.1, 0.15) is 29.9 Å². The highest BCUT2D eigenvalue weighted by atomic mass is 19.1. The molecule has 2 aromatic carbocycles. The SMILES string of the molecule is Fc1ccc2[nH]cc(C3CCN(CCc4cnn(-c5ccccc5)c4)CC3)c2c1.O=C(O)C(=O)O. The number of carboxylic acids is 2. The first-order valence-corrected chi connectivity index (χ1v) is 11.4. The Morgan fingerprint density at radius 1 is 1.06 bits per heavy atom. The number of likely N-dealkylation sites (tertiary alicyclic amines) is 1. The molecule has 1 aliphatic heterocycles. The molecule has 0 unspecified atom stereocenters. The average Bonchev–Trinajstić information content (AvgIpc) is 3.51. The molecular formula is C26H27FN4O4. The standard InChI is InChI=1S/C24H25FN4.C2H2O4/c25-20-6-7-24-22(14-20)23(16-26-24)19-9-12-28(13-10-19)11-8-18-15-27-29(17-18)21-4-2-1-3-5-21;3-1(4)2(5)6/h1-7,14-17,19,26H,8-13H2;(H,3,4)(H,5,6). The largest absolute Gasteiger partial charge is 0.473 e. The second-order valence-electron chi connectivity index (χ2n) is 8.54. The lowest BCUT2D eigenvalue weighted by molar-refractivity contribution is -0.159. The number of aliphatic carboxylic acids is 2. The molecule has 3 heterocycles. The van der Waals surface area contributed by atoms with Crippen LogP contribution in [-0.2, 0) is 16.0 Å². The zero-order valence-corrected chi connectivity index (χ0v) is 19.1. The van der Waals surface area contributed by atoms with E-state index >= 15 is 0 Å². The molecule has 35 heavy (non-hydrogen) atoms. The highest BCUT2D eigenvalue weighted by Gasteiger charge is 2.23. The first kappa shape index (κ1) is 24.2. The molecule has 9 heteroatoms. The molecule has 1 saturated heterocycles. The Kier molecular flexibility index (Phi) is 7.57. The number of halogens is 1. The minimum atomic E-state index is -1.82. The number of benzene rings is 2. The molecule has 8 nitrogen and oxygen atoms in total. The zero-order chi connectivity index (χ0) is 24.8. The van der Waals surface area contributed by atoms with Gasteiger partial charge in [-0.1, -0.05) is 18.2 Å². The smallest absolute Gasteiger partial charge is 0.414 e. The van der Waals surface area contributed by atoms with E-state index in [1.165, 1.54) is 17.2 Å². The summed E-state index contributed by atoms with van der Waals surface area (Å²) in [7, 11) is 0. The molecule has 0 aliphatic carbocycles. The van der Waals surface area contributed by atoms with Crippen LogP contribution in [0, 0.1) is 5.82 Å². The molecule has 1 aliphatic rings. The first-order valence-electron chi connectivity index (χ1n) is 11.4. The van der Waals surface area contributed by atoms with Crippen molar-refractivity contribution in [2.45, 2.75) is 25.2 Å². The minimum absolute atomic E-state index is 0.160. The van der Waals surface area contributed by atoms with Crippen molar-refractivity contribution in [2.24, 2.45) is 0 Å². The van der Waals surface area contributed by atoms with Gasteiger partial charge in [0.05, 0.1) is 11.9 Å². The number of H-pyrrole nitrogens is 1. The number of hydrogen-bond donors (Lipinski definition) is 3. The molecule has 0 atom stereocenters. The van der Waals surface area contributed by atoms with Crippen LogP contribution in [0.15, 0.2) is 67.1 Å². The minimum Gasteiger partial charge on any atom is -0.473 e. The second kappa shape index (κ2) is 11.0. The fourth-order valence-corrected chi connectivity index (χ4v) is 4.42. The Bertz CT molecular complexity index is 1280. The third-order valence-electron chi connectivity index (χ3n) is 6.26. The normalized spacial score (nSPS) is 14.4. The quantitative estimate of drug-likeness (QED) is 0.373. The van der Waals surface area contributed by atoms with E-state index in [-0.39, 0.29) is 5.82 Å². The Morgan fingerprint density at radius 2 is 1.77 bits per heavy atom. The number of carbonyl (C=O) groups is 2. The third-order valence-corrected chi connectivity index (χ3v) is 6.26. The maximum absolute atomic E-state index is 13.7. The van der Waals surface area contributed by atoms with Crippen LogP contribution in [0.2, 0.25) is 0 Å². The van der Waals surface area contributed by atoms with Crippen LogP contribution >= 0.6 is 0 Å². The summed E-state index contributed by atoms with van der Waals surface area (Å²) in [4.78, 5) is 24.0. The van der Waals surface area contributed by atoms with Crippen molar-refractivity contribution in [1.82, 2.24) is 19.7 Å². The van der Waals surface area contributed by atoms with Crippen molar-refractivity contribution in [3.8, 4) is 5.69 Å². The predicted octanol–water partition coefficient (Wildman–Crippen LogP) is 4.07. The van der Waals surface area contributed by atoms with Gasteiger partial charge in [0.2, 0.25) is 0 Å². The van der Waals surface area contributed by atoms with Gasteiger partial charge >= 0.3 is 11.9 Å². The van der Waals surface area contributed by atoms with E-state index in [9.17, 15) is 4.39 Å². The van der Waals surface area contributed by atoms with Crippen molar-refractivity contribution < 1.29 is 24.2 Å². The Labute approximate surface area is 201 Å². The van der Waals surface area contributed by atoms with E-state index in [1.807, 2.05) is 35.1 Å². The molecule has 3 N–H and O–H groups in total. The number of hydrogen-bond acceptors (Lipinski definition) is 4. The van der Waals surface area contributed by atoms with Gasteiger partial charge in [0.25, 0.3) is 0 Å². The summed E-state index contributed by atoms with van der Waals surface area (Å²) in [6.45, 7) is 3.22. The summed E-state index contributed by atoms with van der Waals surface area (Å²) in [6.07, 6.45) is 9.42. The topological polar surface area (TPSA) is 111 Å². The molecule has 0 bridgehead atoms. The van der Waals surface area contributed by atoms with Gasteiger partial charge in [0.15, 0.2) is 0 Å². The summed E-state index contributed by atoms with van der Waals surface area (Å²) < 4.78 is 15.6. The second-order valence-corrected chi connectivity index (χ2v) is 8.54. The number of fused-ring (bicyclic) bond motifs is 1. The number of nitrogens with one attached hydrogen (secondary N) is 1. The monoisotopic (exact) mass is 478 g/mol. The van der Waals surface area contributed by atoms with Crippen LogP contribution in [0.5, 0.6) is 0 Å². The Morgan fingerprint density at radius 3 is 2.46 bits per heavy atom. The van der Waals surface area contributed by atoms with Gasteiger partial charge < -0.3 is 20.1 Å². The maximum Gasteiger partial charge on any atom is 0.414 e. The fraction of sp³-hybridized carbons (Fsp3) is 0.269. The first-order chi connectivity index (χ1) is 16.9. The van der Waals surface area contributed by atoms with E-state index in [0.717, 1.165) is 55.5 Å². The van der Waals surface area contributed by atoms with Gasteiger partial charge in [-0.3, -0.25) is 0 Å². The van der Waals surface area contributed by atoms with Crippen LogP contribution in [-0.4, -0.2) is 61.5 Å². The van der Waals surface area contributed by atoms with Gasteiger partial charge in [0, 0.05) is 29.8 Å². The summed E-state index contributed by atoms with van der Waals surface area (Å²) in [5.74, 6) is -3.31. The summed E-state index contributed by atoms with van der Waals surface area (Å²) in [6, 6.07) is 15.2. The molecule has 2 aromatic heterocycles. The number of para-hydroxylation sites is 1. The van der Waals surface area contributed by atoms with Gasteiger partial charge in [0.1, 0.15) is 5.82 Å². The van der Waals surface area contributed by atoms with Crippen LogP contribution in [0.25, 0.3) is 16.6 Å². The molecule has 0 saturated carbocycles. The van der Waals surface area contributed by atoms with Crippen LogP contribution in [0.3, 0.4) is 0 Å². The fourth-order valence-electron chi connectivity index (χ4n) is 4.42. The summed E-state index contributed by atoms with van der Waals surface area (Å²) in [5, 5.41) is 20.3. The van der Waals surface area contributed by atoms with Crippen molar-refractivity contribution in [3.05, 3.63) is 84.1 Å². The lowest BCUT2D eigenvalue weighted by Gasteiger charge is -2.31. The Balaban J connectivity index is 0.000000431. The van der Waals surface area contributed by atoms with Gasteiger partial charge in [-0.2, -0.15) is 5.10 Å². The molecule has 0 radical (unpaired) electrons. The van der Waals surface area contributed by atoms with E-state index in [1.54, 1.807) is 6.07 Å². The van der Waals surface area contributed by atoms with Crippen LogP contribution in [0.4, 0.5) is 4.39 Å². The van der Waals surface area contributed by atoms with Crippen molar-refractivity contribution in [1.29, 1.82) is 0 Å². The number of rotatable bonds is 5. The maximum atomic E-state index is 13.7. The summed E-state index contributed by atoms with van der Waals surface area (Å²) in [5.41, 5.74) is 4.65. The van der Waals surface area contributed by atoms with E-state index in [2.05, 4.69) is 39.5 Å². The summed E-state index contributed by atoms with van der Waals surface area (Å²) >= 11 is 0. The number of carboxylic acid groups (broad SMARTS) is 2. The third kappa shape index (κ3) is 6.13. The highest BCUT2D eigenvalue weighted by Crippen LogP contribution is 2.33.